The number of rotatable bonds is 3. The van der Waals surface area contributed by atoms with E-state index < -0.39 is 11.8 Å². The number of Topliss-reactive ketones (excluding diaryl/α,β-unsaturated/α-hetero) is 1. The summed E-state index contributed by atoms with van der Waals surface area (Å²) in [5, 5.41) is 8.45. The van der Waals surface area contributed by atoms with Gasteiger partial charge in [-0.25, -0.2) is 4.79 Å². The number of carboxylic acid groups (broad SMARTS) is 1. The van der Waals surface area contributed by atoms with Crippen LogP contribution in [-0.4, -0.2) is 16.9 Å². The number of aliphatic carboxylic acids is 1. The second-order valence-corrected chi connectivity index (χ2v) is 4.93. The Labute approximate surface area is 78.1 Å². The molecule has 0 aromatic carbocycles. The van der Waals surface area contributed by atoms with Crippen LogP contribution >= 0.6 is 0 Å². The van der Waals surface area contributed by atoms with Crippen LogP contribution in [0.3, 0.4) is 0 Å². The monoisotopic (exact) mass is 184 g/mol. The summed E-state index contributed by atoms with van der Waals surface area (Å²) in [6, 6.07) is 0. The van der Waals surface area contributed by atoms with Gasteiger partial charge in [0.2, 0.25) is 5.78 Å². The first-order chi connectivity index (χ1) is 5.71. The average Bonchev–Trinajstić information content (AvgIpc) is 2.32. The lowest BCUT2D eigenvalue weighted by Crippen LogP contribution is -2.14. The Hall–Kier alpha value is -0.860. The van der Waals surface area contributed by atoms with Crippen molar-refractivity contribution in [2.24, 2.45) is 16.7 Å². The Morgan fingerprint density at radius 2 is 1.54 bits per heavy atom. The van der Waals surface area contributed by atoms with Crippen LogP contribution in [0.1, 0.15) is 34.1 Å². The molecule has 1 N–H and O–H groups in total. The van der Waals surface area contributed by atoms with Crippen LogP contribution in [0, 0.1) is 16.7 Å². The average molecular weight is 184 g/mol. The van der Waals surface area contributed by atoms with Crippen molar-refractivity contribution in [3.63, 3.8) is 0 Å². The van der Waals surface area contributed by atoms with Crippen molar-refractivity contribution in [1.29, 1.82) is 0 Å². The number of carbonyl (C=O) groups is 2. The lowest BCUT2D eigenvalue weighted by molar-refractivity contribution is -0.149. The number of hydrogen-bond acceptors (Lipinski definition) is 2. The van der Waals surface area contributed by atoms with Gasteiger partial charge in [0.15, 0.2) is 0 Å². The first kappa shape index (κ1) is 10.2. The van der Waals surface area contributed by atoms with E-state index in [1.54, 1.807) is 0 Å². The van der Waals surface area contributed by atoms with Gasteiger partial charge in [-0.1, -0.05) is 27.7 Å². The zero-order chi connectivity index (χ0) is 10.4. The third-order valence-corrected chi connectivity index (χ3v) is 3.95. The molecule has 74 valence electrons. The van der Waals surface area contributed by atoms with Crippen molar-refractivity contribution in [1.82, 2.24) is 0 Å². The second kappa shape index (κ2) is 2.56. The summed E-state index contributed by atoms with van der Waals surface area (Å²) in [5.41, 5.74) is 0.191. The van der Waals surface area contributed by atoms with Gasteiger partial charge >= 0.3 is 5.97 Å². The van der Waals surface area contributed by atoms with E-state index in [2.05, 4.69) is 27.7 Å². The Kier molecular flexibility index (Phi) is 2.02. The molecule has 0 aromatic rings. The highest BCUT2D eigenvalue weighted by molar-refractivity contribution is 6.32. The van der Waals surface area contributed by atoms with Crippen LogP contribution in [0.4, 0.5) is 0 Å². The van der Waals surface area contributed by atoms with Crippen molar-refractivity contribution < 1.29 is 14.7 Å². The van der Waals surface area contributed by atoms with Crippen LogP contribution in [0.25, 0.3) is 0 Å². The molecule has 3 nitrogen and oxygen atoms in total. The molecule has 0 saturated heterocycles. The minimum Gasteiger partial charge on any atom is -0.476 e. The molecule has 0 aliphatic heterocycles. The van der Waals surface area contributed by atoms with Crippen LogP contribution < -0.4 is 0 Å². The minimum atomic E-state index is -1.31. The third-order valence-electron chi connectivity index (χ3n) is 3.95. The zero-order valence-electron chi connectivity index (χ0n) is 8.55. The molecular formula is C10H16O3. The van der Waals surface area contributed by atoms with Crippen LogP contribution in [0.15, 0.2) is 0 Å². The van der Waals surface area contributed by atoms with Crippen LogP contribution in [0.5, 0.6) is 0 Å². The molecule has 1 saturated carbocycles. The standard InChI is InChI=1S/C10H16O3/c1-9(2)7(10(9,3)4)5-6(11)8(12)13/h7H,5H2,1-4H3,(H,12,13). The number of carboxylic acids is 1. The first-order valence-corrected chi connectivity index (χ1v) is 4.47. The molecule has 0 unspecified atom stereocenters. The van der Waals surface area contributed by atoms with E-state index in [4.69, 9.17) is 5.11 Å². The zero-order valence-corrected chi connectivity index (χ0v) is 8.55. The molecule has 1 aliphatic carbocycles. The Morgan fingerprint density at radius 3 is 1.77 bits per heavy atom. The smallest absolute Gasteiger partial charge is 0.372 e. The molecule has 0 amide bonds. The molecule has 1 rings (SSSR count). The topological polar surface area (TPSA) is 54.4 Å². The molecule has 1 fully saturated rings. The highest BCUT2D eigenvalue weighted by atomic mass is 16.4. The fourth-order valence-electron chi connectivity index (χ4n) is 2.12. The maximum absolute atomic E-state index is 11.0. The predicted octanol–water partition coefficient (Wildman–Crippen LogP) is 1.71. The van der Waals surface area contributed by atoms with Crippen LogP contribution in [0.2, 0.25) is 0 Å². The fourth-order valence-corrected chi connectivity index (χ4v) is 2.12. The summed E-state index contributed by atoms with van der Waals surface area (Å²) in [6.07, 6.45) is 0.176. The van der Waals surface area contributed by atoms with E-state index >= 15 is 0 Å². The summed E-state index contributed by atoms with van der Waals surface area (Å²) < 4.78 is 0. The van der Waals surface area contributed by atoms with Gasteiger partial charge in [0, 0.05) is 6.42 Å². The van der Waals surface area contributed by atoms with Crippen molar-refractivity contribution >= 4 is 11.8 Å². The highest BCUT2D eigenvalue weighted by Gasteiger charge is 2.64. The normalized spacial score (nSPS) is 24.0. The molecule has 0 radical (unpaired) electrons. The largest absolute Gasteiger partial charge is 0.476 e. The molecule has 0 atom stereocenters. The van der Waals surface area contributed by atoms with Crippen molar-refractivity contribution in [3.05, 3.63) is 0 Å². The molecule has 0 bridgehead atoms. The highest BCUT2D eigenvalue weighted by Crippen LogP contribution is 2.69. The van der Waals surface area contributed by atoms with Gasteiger partial charge < -0.3 is 5.11 Å². The summed E-state index contributed by atoms with van der Waals surface area (Å²) in [5.74, 6) is -1.76. The Balaban J connectivity index is 2.61. The lowest BCUT2D eigenvalue weighted by atomic mass is 10.0. The molecule has 0 heterocycles. The van der Waals surface area contributed by atoms with E-state index in [0.29, 0.717) is 0 Å². The molecule has 0 aromatic heterocycles. The van der Waals surface area contributed by atoms with Crippen molar-refractivity contribution in [3.8, 4) is 0 Å². The van der Waals surface area contributed by atoms with Gasteiger partial charge in [0.05, 0.1) is 0 Å². The van der Waals surface area contributed by atoms with Gasteiger partial charge in [0.25, 0.3) is 0 Å². The number of hydrogen-bond donors (Lipinski definition) is 1. The first-order valence-electron chi connectivity index (χ1n) is 4.47. The maximum Gasteiger partial charge on any atom is 0.372 e. The summed E-state index contributed by atoms with van der Waals surface area (Å²) >= 11 is 0. The summed E-state index contributed by atoms with van der Waals surface area (Å²) in [4.78, 5) is 21.3. The van der Waals surface area contributed by atoms with Gasteiger partial charge in [-0.2, -0.15) is 0 Å². The second-order valence-electron chi connectivity index (χ2n) is 4.93. The van der Waals surface area contributed by atoms with Crippen molar-refractivity contribution in [2.45, 2.75) is 34.1 Å². The number of carbonyl (C=O) groups excluding carboxylic acids is 1. The van der Waals surface area contributed by atoms with E-state index in [1.807, 2.05) is 0 Å². The third kappa shape index (κ3) is 1.36. The van der Waals surface area contributed by atoms with Gasteiger partial charge in [0.1, 0.15) is 0 Å². The van der Waals surface area contributed by atoms with Gasteiger partial charge in [-0.05, 0) is 16.7 Å². The van der Waals surface area contributed by atoms with Crippen molar-refractivity contribution in [2.75, 3.05) is 0 Å². The minimum absolute atomic E-state index is 0.0953. The summed E-state index contributed by atoms with van der Waals surface area (Å²) in [6.45, 7) is 8.30. The van der Waals surface area contributed by atoms with Gasteiger partial charge in [-0.15, -0.1) is 0 Å². The van der Waals surface area contributed by atoms with E-state index in [1.165, 1.54) is 0 Å². The van der Waals surface area contributed by atoms with E-state index in [9.17, 15) is 9.59 Å². The quantitative estimate of drug-likeness (QED) is 0.679. The number of ketones is 1. The maximum atomic E-state index is 11.0. The SMILES string of the molecule is CC1(C)C(CC(=O)C(=O)O)C1(C)C. The molecular weight excluding hydrogens is 168 g/mol. The Bertz CT molecular complexity index is 249. The fraction of sp³-hybridized carbons (Fsp3) is 0.800. The van der Waals surface area contributed by atoms with Crippen LogP contribution in [-0.2, 0) is 9.59 Å². The Morgan fingerprint density at radius 1 is 1.15 bits per heavy atom. The molecule has 1 aliphatic rings. The molecule has 3 heteroatoms. The molecule has 0 spiro atoms. The van der Waals surface area contributed by atoms with E-state index in [0.717, 1.165) is 0 Å². The molecule has 13 heavy (non-hydrogen) atoms. The predicted molar refractivity (Wildman–Crippen MR) is 48.3 cm³/mol. The van der Waals surface area contributed by atoms with E-state index in [-0.39, 0.29) is 23.2 Å². The summed E-state index contributed by atoms with van der Waals surface area (Å²) in [7, 11) is 0. The lowest BCUT2D eigenvalue weighted by Gasteiger charge is -2.04. The van der Waals surface area contributed by atoms with Gasteiger partial charge in [-0.3, -0.25) is 4.79 Å².